The summed E-state index contributed by atoms with van der Waals surface area (Å²) in [7, 11) is 0. The Labute approximate surface area is 496 Å². The summed E-state index contributed by atoms with van der Waals surface area (Å²) in [5.41, 5.74) is 0. The van der Waals surface area contributed by atoms with Crippen LogP contribution in [0.1, 0.15) is 348 Å². The van der Waals surface area contributed by atoms with Gasteiger partial charge in [0, 0.05) is 19.3 Å². The van der Waals surface area contributed by atoms with Gasteiger partial charge in [-0.05, 0) is 96.3 Å². The summed E-state index contributed by atoms with van der Waals surface area (Å²) < 4.78 is 16.9. The molecule has 0 aromatic carbocycles. The zero-order valence-electron chi connectivity index (χ0n) is 53.1. The molecule has 0 saturated carbocycles. The molecule has 80 heavy (non-hydrogen) atoms. The Morgan fingerprint density at radius 3 is 0.800 bits per heavy atom. The maximum Gasteiger partial charge on any atom is 0.306 e. The second-order valence-corrected chi connectivity index (χ2v) is 23.1. The third kappa shape index (κ3) is 65.4. The van der Waals surface area contributed by atoms with E-state index >= 15 is 0 Å². The first-order valence-corrected chi connectivity index (χ1v) is 34.6. The Morgan fingerprint density at radius 2 is 0.487 bits per heavy atom. The second-order valence-electron chi connectivity index (χ2n) is 23.1. The van der Waals surface area contributed by atoms with Gasteiger partial charge in [-0.3, -0.25) is 14.4 Å². The van der Waals surface area contributed by atoms with Crippen molar-refractivity contribution < 1.29 is 28.6 Å². The van der Waals surface area contributed by atoms with Crippen molar-refractivity contribution in [3.63, 3.8) is 0 Å². The number of ether oxygens (including phenoxy) is 3. The molecule has 0 amide bonds. The Hall–Kier alpha value is -3.41. The summed E-state index contributed by atoms with van der Waals surface area (Å²) in [6.45, 7) is 6.54. The second kappa shape index (κ2) is 68.1. The van der Waals surface area contributed by atoms with Gasteiger partial charge in [-0.2, -0.15) is 0 Å². The fourth-order valence-electron chi connectivity index (χ4n) is 9.97. The Kier molecular flexibility index (Phi) is 65.2. The van der Waals surface area contributed by atoms with Gasteiger partial charge in [0.25, 0.3) is 0 Å². The van der Waals surface area contributed by atoms with Crippen molar-refractivity contribution in [2.75, 3.05) is 13.2 Å². The molecular weight excluding hydrogens is 985 g/mol. The highest BCUT2D eigenvalue weighted by atomic mass is 16.6. The van der Waals surface area contributed by atoms with Crippen molar-refractivity contribution in [1.29, 1.82) is 0 Å². The minimum atomic E-state index is -0.802. The van der Waals surface area contributed by atoms with Gasteiger partial charge in [0.2, 0.25) is 0 Å². The van der Waals surface area contributed by atoms with Crippen molar-refractivity contribution in [3.05, 3.63) is 85.1 Å². The molecule has 6 heteroatoms. The van der Waals surface area contributed by atoms with Crippen molar-refractivity contribution in [3.8, 4) is 0 Å². The largest absolute Gasteiger partial charge is 0.462 e. The zero-order chi connectivity index (χ0) is 57.8. The quantitative estimate of drug-likeness (QED) is 0.0261. The fourth-order valence-corrected chi connectivity index (χ4v) is 9.97. The van der Waals surface area contributed by atoms with E-state index in [4.69, 9.17) is 14.2 Å². The van der Waals surface area contributed by atoms with E-state index in [1.807, 2.05) is 0 Å². The van der Waals surface area contributed by atoms with Gasteiger partial charge in [0.05, 0.1) is 0 Å². The molecule has 0 aliphatic rings. The van der Waals surface area contributed by atoms with E-state index < -0.39 is 6.10 Å². The molecule has 1 atom stereocenters. The maximum atomic E-state index is 12.9. The first-order chi connectivity index (χ1) is 39.5. The number of carbonyl (C=O) groups excluding carboxylic acids is 3. The fraction of sp³-hybridized carbons (Fsp3) is 0.770. The monoisotopic (exact) mass is 1110 g/mol. The van der Waals surface area contributed by atoms with Gasteiger partial charge < -0.3 is 14.2 Å². The number of esters is 3. The van der Waals surface area contributed by atoms with Gasteiger partial charge in [-0.25, -0.2) is 0 Å². The van der Waals surface area contributed by atoms with Crippen LogP contribution in [0.25, 0.3) is 0 Å². The van der Waals surface area contributed by atoms with Crippen LogP contribution in [0.4, 0.5) is 0 Å². The van der Waals surface area contributed by atoms with Gasteiger partial charge >= 0.3 is 17.9 Å². The van der Waals surface area contributed by atoms with Crippen LogP contribution in [0.15, 0.2) is 85.1 Å². The van der Waals surface area contributed by atoms with Gasteiger partial charge in [-0.1, -0.05) is 318 Å². The maximum absolute atomic E-state index is 12.9. The first-order valence-electron chi connectivity index (χ1n) is 34.6. The lowest BCUT2D eigenvalue weighted by molar-refractivity contribution is -0.167. The molecule has 0 aromatic rings. The average molecular weight is 1120 g/mol. The molecule has 0 fully saturated rings. The topological polar surface area (TPSA) is 78.9 Å². The van der Waals surface area contributed by atoms with Gasteiger partial charge in [-0.15, -0.1) is 0 Å². The molecule has 6 nitrogen and oxygen atoms in total. The van der Waals surface area contributed by atoms with E-state index in [9.17, 15) is 14.4 Å². The highest BCUT2D eigenvalue weighted by Gasteiger charge is 2.19. The summed E-state index contributed by atoms with van der Waals surface area (Å²) >= 11 is 0. The zero-order valence-corrected chi connectivity index (χ0v) is 53.1. The molecule has 0 aliphatic carbocycles. The number of unbranched alkanes of at least 4 members (excludes halogenated alkanes) is 38. The number of carbonyl (C=O) groups is 3. The third-order valence-electron chi connectivity index (χ3n) is 15.1. The molecule has 0 rings (SSSR count). The summed E-state index contributed by atoms with van der Waals surface area (Å²) in [6.07, 6.45) is 90.3. The van der Waals surface area contributed by atoms with Crippen LogP contribution in [0, 0.1) is 0 Å². The number of rotatable bonds is 63. The van der Waals surface area contributed by atoms with Crippen LogP contribution in [0.3, 0.4) is 0 Å². The normalized spacial score (nSPS) is 12.6. The Morgan fingerprint density at radius 1 is 0.263 bits per heavy atom. The van der Waals surface area contributed by atoms with Crippen molar-refractivity contribution in [2.24, 2.45) is 0 Å². The van der Waals surface area contributed by atoms with Crippen LogP contribution in [0.5, 0.6) is 0 Å². The molecule has 0 saturated heterocycles. The minimum Gasteiger partial charge on any atom is -0.462 e. The van der Waals surface area contributed by atoms with Crippen LogP contribution in [-0.2, 0) is 28.6 Å². The summed E-state index contributed by atoms with van der Waals surface area (Å²) in [4.78, 5) is 38.4. The van der Waals surface area contributed by atoms with Crippen molar-refractivity contribution in [2.45, 2.75) is 354 Å². The van der Waals surface area contributed by atoms with E-state index in [1.54, 1.807) is 0 Å². The number of hydrogen-bond acceptors (Lipinski definition) is 6. The van der Waals surface area contributed by atoms with Gasteiger partial charge in [0.15, 0.2) is 6.10 Å². The van der Waals surface area contributed by atoms with Gasteiger partial charge in [0.1, 0.15) is 13.2 Å². The van der Waals surface area contributed by atoms with E-state index in [1.165, 1.54) is 212 Å². The van der Waals surface area contributed by atoms with E-state index in [-0.39, 0.29) is 37.5 Å². The van der Waals surface area contributed by atoms with Crippen LogP contribution in [0.2, 0.25) is 0 Å². The van der Waals surface area contributed by atoms with E-state index in [0.29, 0.717) is 19.3 Å². The molecule has 1 unspecified atom stereocenters. The number of allylic oxidation sites excluding steroid dienone is 14. The summed E-state index contributed by atoms with van der Waals surface area (Å²) in [6, 6.07) is 0. The summed E-state index contributed by atoms with van der Waals surface area (Å²) in [5.74, 6) is -0.923. The first kappa shape index (κ1) is 76.6. The molecule has 462 valence electrons. The Bertz CT molecular complexity index is 1520. The highest BCUT2D eigenvalue weighted by molar-refractivity contribution is 5.71. The smallest absolute Gasteiger partial charge is 0.306 e. The van der Waals surface area contributed by atoms with Crippen LogP contribution in [-0.4, -0.2) is 37.2 Å². The predicted octanol–water partition coefficient (Wildman–Crippen LogP) is 23.8. The lowest BCUT2D eigenvalue weighted by Gasteiger charge is -2.18. The van der Waals surface area contributed by atoms with Crippen LogP contribution >= 0.6 is 0 Å². The molecule has 0 N–H and O–H groups in total. The Balaban J connectivity index is 4.40. The summed E-state index contributed by atoms with van der Waals surface area (Å²) in [5, 5.41) is 0. The molecule has 0 aromatic heterocycles. The molecule has 0 aliphatic heterocycles. The molecular formula is C74H130O6. The lowest BCUT2D eigenvalue weighted by atomic mass is 10.0. The van der Waals surface area contributed by atoms with Crippen LogP contribution < -0.4 is 0 Å². The predicted molar refractivity (Wildman–Crippen MR) is 348 cm³/mol. The molecule has 0 spiro atoms. The SMILES string of the molecule is CC/C=C\C/C=C\C/C=C\C/C=C\C/C=C\C/C=C\CCCCC(=O)OC(COC(=O)CCCCCCCCC/C=C\CCCCCCCC)COC(=O)CCCCCCCCCCCCCCCCCCCCCCCCCC. The van der Waals surface area contributed by atoms with Crippen molar-refractivity contribution in [1.82, 2.24) is 0 Å². The average Bonchev–Trinajstić information content (AvgIpc) is 3.46. The molecule has 0 heterocycles. The van der Waals surface area contributed by atoms with Crippen molar-refractivity contribution >= 4 is 17.9 Å². The highest BCUT2D eigenvalue weighted by Crippen LogP contribution is 2.18. The number of hydrogen-bond donors (Lipinski definition) is 0. The van der Waals surface area contributed by atoms with E-state index in [2.05, 4.69) is 106 Å². The molecule has 0 bridgehead atoms. The standard InChI is InChI=1S/C74H130O6/c1-4-7-10-13-16-19-22-25-28-31-33-35-36-37-39-40-43-46-49-52-55-58-61-64-67-73(76)79-70-71(69-78-72(75)66-63-60-57-54-51-48-45-42-30-27-24-21-18-15-12-9-6-3)80-74(77)68-65-62-59-56-53-50-47-44-41-38-34-32-29-26-23-20-17-14-11-8-5-2/h8,11,17,20,26-27,29-30,34,38,44,47,53,56,71H,4-7,9-10,12-16,18-19,21-25,28,31-33,35-37,39-43,45-46,48-52,54-55,57-70H2,1-3H3/b11-8-,20-17-,29-26-,30-27-,38-34-,47-44-,56-53-. The third-order valence-corrected chi connectivity index (χ3v) is 15.1. The lowest BCUT2D eigenvalue weighted by Crippen LogP contribution is -2.30. The van der Waals surface area contributed by atoms with E-state index in [0.717, 1.165) is 89.9 Å². The molecule has 0 radical (unpaired) electrons. The minimum absolute atomic E-state index is 0.0926.